The number of carbonyl (C=O) groups excluding carboxylic acids is 1. The predicted octanol–water partition coefficient (Wildman–Crippen LogP) is 3.61. The van der Waals surface area contributed by atoms with Gasteiger partial charge in [-0.15, -0.1) is 0 Å². The zero-order valence-corrected chi connectivity index (χ0v) is 14.9. The minimum absolute atomic E-state index is 0.277. The van der Waals surface area contributed by atoms with Gasteiger partial charge in [0.05, 0.1) is 12.2 Å². The van der Waals surface area contributed by atoms with E-state index in [-0.39, 0.29) is 6.09 Å². The lowest BCUT2D eigenvalue weighted by Crippen LogP contribution is -2.38. The molecule has 0 radical (unpaired) electrons. The van der Waals surface area contributed by atoms with Crippen LogP contribution in [-0.4, -0.2) is 55.6 Å². The number of carbonyl (C=O) groups is 1. The Labute approximate surface area is 135 Å². The fourth-order valence-electron chi connectivity index (χ4n) is 2.17. The van der Waals surface area contributed by atoms with E-state index in [1.165, 1.54) is 6.42 Å². The van der Waals surface area contributed by atoms with Gasteiger partial charge in [-0.05, 0) is 46.5 Å². The Morgan fingerprint density at radius 1 is 1.09 bits per heavy atom. The summed E-state index contributed by atoms with van der Waals surface area (Å²) in [6.07, 6.45) is 5.60. The van der Waals surface area contributed by atoms with Gasteiger partial charge >= 0.3 is 6.09 Å². The standard InChI is InChI=1S/C17H33NO4/c1-6-7-10-20-14-12-15(13-14)21-11-8-9-18(5)16(19)22-17(2,3)4/h14-15H,6-13H2,1-5H3. The van der Waals surface area contributed by atoms with Crippen LogP contribution in [0.4, 0.5) is 4.79 Å². The third-order valence-corrected chi connectivity index (χ3v) is 3.60. The van der Waals surface area contributed by atoms with Gasteiger partial charge in [-0.3, -0.25) is 0 Å². The van der Waals surface area contributed by atoms with E-state index in [4.69, 9.17) is 14.2 Å². The lowest BCUT2D eigenvalue weighted by Gasteiger charge is -2.35. The van der Waals surface area contributed by atoms with Gasteiger partial charge in [-0.2, -0.15) is 0 Å². The van der Waals surface area contributed by atoms with Crippen molar-refractivity contribution in [3.8, 4) is 0 Å². The molecule has 0 aromatic carbocycles. The van der Waals surface area contributed by atoms with E-state index in [9.17, 15) is 4.79 Å². The SMILES string of the molecule is CCCCOC1CC(OCCCN(C)C(=O)OC(C)(C)C)C1. The molecule has 0 atom stereocenters. The van der Waals surface area contributed by atoms with Gasteiger partial charge in [-0.25, -0.2) is 4.79 Å². The van der Waals surface area contributed by atoms with Crippen molar-refractivity contribution in [2.75, 3.05) is 26.8 Å². The van der Waals surface area contributed by atoms with Crippen molar-refractivity contribution in [1.29, 1.82) is 0 Å². The predicted molar refractivity (Wildman–Crippen MR) is 87.1 cm³/mol. The molecule has 0 heterocycles. The quantitative estimate of drug-likeness (QED) is 0.610. The lowest BCUT2D eigenvalue weighted by atomic mass is 9.92. The minimum Gasteiger partial charge on any atom is -0.444 e. The molecule has 1 rings (SSSR count). The second-order valence-electron chi connectivity index (χ2n) is 7.07. The summed E-state index contributed by atoms with van der Waals surface area (Å²) in [5.74, 6) is 0. The first-order valence-electron chi connectivity index (χ1n) is 8.49. The van der Waals surface area contributed by atoms with Crippen molar-refractivity contribution >= 4 is 6.09 Å². The largest absolute Gasteiger partial charge is 0.444 e. The number of hydrogen-bond donors (Lipinski definition) is 0. The van der Waals surface area contributed by atoms with Gasteiger partial charge in [0.1, 0.15) is 5.60 Å². The van der Waals surface area contributed by atoms with Crippen molar-refractivity contribution in [2.45, 2.75) is 77.6 Å². The fourth-order valence-corrected chi connectivity index (χ4v) is 2.17. The molecule has 5 heteroatoms. The molecule has 0 aromatic rings. The van der Waals surface area contributed by atoms with Gasteiger partial charge in [0, 0.05) is 26.8 Å². The Bertz CT molecular complexity index is 321. The Morgan fingerprint density at radius 2 is 1.64 bits per heavy atom. The van der Waals surface area contributed by atoms with Crippen LogP contribution in [0.15, 0.2) is 0 Å². The van der Waals surface area contributed by atoms with E-state index in [0.29, 0.717) is 25.4 Å². The van der Waals surface area contributed by atoms with Crippen molar-refractivity contribution in [1.82, 2.24) is 4.90 Å². The molecule has 1 amide bonds. The molecule has 0 bridgehead atoms. The molecular formula is C17H33NO4. The highest BCUT2D eigenvalue weighted by atomic mass is 16.6. The highest BCUT2D eigenvalue weighted by Gasteiger charge is 2.30. The third-order valence-electron chi connectivity index (χ3n) is 3.60. The summed E-state index contributed by atoms with van der Waals surface area (Å²) in [7, 11) is 1.76. The molecule has 1 aliphatic carbocycles. The fraction of sp³-hybridized carbons (Fsp3) is 0.941. The molecular weight excluding hydrogens is 282 g/mol. The molecule has 0 N–H and O–H groups in total. The van der Waals surface area contributed by atoms with Crippen LogP contribution in [-0.2, 0) is 14.2 Å². The van der Waals surface area contributed by atoms with Gasteiger partial charge in [0.25, 0.3) is 0 Å². The second-order valence-corrected chi connectivity index (χ2v) is 7.07. The van der Waals surface area contributed by atoms with Crippen LogP contribution in [0.2, 0.25) is 0 Å². The molecule has 1 fully saturated rings. The zero-order chi connectivity index (χ0) is 16.6. The van der Waals surface area contributed by atoms with Crippen LogP contribution < -0.4 is 0 Å². The van der Waals surface area contributed by atoms with E-state index in [2.05, 4.69) is 6.92 Å². The Morgan fingerprint density at radius 3 is 2.14 bits per heavy atom. The van der Waals surface area contributed by atoms with Gasteiger partial charge in [-0.1, -0.05) is 13.3 Å². The van der Waals surface area contributed by atoms with Crippen molar-refractivity contribution in [3.63, 3.8) is 0 Å². The maximum absolute atomic E-state index is 11.8. The Balaban J connectivity index is 1.99. The maximum atomic E-state index is 11.8. The normalized spacial score (nSPS) is 21.3. The van der Waals surface area contributed by atoms with Gasteiger partial charge in [0.15, 0.2) is 0 Å². The Kier molecular flexibility index (Phi) is 8.18. The van der Waals surface area contributed by atoms with Gasteiger partial charge in [0.2, 0.25) is 0 Å². The first-order valence-corrected chi connectivity index (χ1v) is 8.49. The summed E-state index contributed by atoms with van der Waals surface area (Å²) in [6, 6.07) is 0. The molecule has 1 saturated carbocycles. The summed E-state index contributed by atoms with van der Waals surface area (Å²) in [4.78, 5) is 13.4. The number of unbranched alkanes of at least 4 members (excludes halogenated alkanes) is 1. The van der Waals surface area contributed by atoms with Crippen LogP contribution in [0, 0.1) is 0 Å². The summed E-state index contributed by atoms with van der Waals surface area (Å²) >= 11 is 0. The lowest BCUT2D eigenvalue weighted by molar-refractivity contribution is -0.102. The van der Waals surface area contributed by atoms with E-state index in [1.54, 1.807) is 11.9 Å². The molecule has 1 aliphatic rings. The van der Waals surface area contributed by atoms with Gasteiger partial charge < -0.3 is 19.1 Å². The average molecular weight is 315 g/mol. The summed E-state index contributed by atoms with van der Waals surface area (Å²) in [6.45, 7) is 9.99. The third kappa shape index (κ3) is 7.99. The first kappa shape index (κ1) is 19.2. The molecule has 130 valence electrons. The second kappa shape index (κ2) is 9.36. The zero-order valence-electron chi connectivity index (χ0n) is 14.9. The molecule has 0 spiro atoms. The number of rotatable bonds is 9. The monoisotopic (exact) mass is 315 g/mol. The number of hydrogen-bond acceptors (Lipinski definition) is 4. The smallest absolute Gasteiger partial charge is 0.410 e. The highest BCUT2D eigenvalue weighted by Crippen LogP contribution is 2.26. The molecule has 0 unspecified atom stereocenters. The van der Waals surface area contributed by atoms with E-state index in [0.717, 1.165) is 32.3 Å². The first-order chi connectivity index (χ1) is 10.3. The number of nitrogens with zero attached hydrogens (tertiary/aromatic N) is 1. The van der Waals surface area contributed by atoms with E-state index in [1.807, 2.05) is 20.8 Å². The average Bonchev–Trinajstić information content (AvgIpc) is 2.37. The van der Waals surface area contributed by atoms with Crippen molar-refractivity contribution < 1.29 is 19.0 Å². The molecule has 0 aliphatic heterocycles. The van der Waals surface area contributed by atoms with Crippen molar-refractivity contribution in [3.05, 3.63) is 0 Å². The van der Waals surface area contributed by atoms with Crippen LogP contribution in [0.1, 0.15) is 59.8 Å². The Hall–Kier alpha value is -0.810. The van der Waals surface area contributed by atoms with E-state index < -0.39 is 5.60 Å². The molecule has 0 saturated heterocycles. The topological polar surface area (TPSA) is 48.0 Å². The van der Waals surface area contributed by atoms with Crippen LogP contribution in [0.3, 0.4) is 0 Å². The van der Waals surface area contributed by atoms with Crippen LogP contribution >= 0.6 is 0 Å². The molecule has 5 nitrogen and oxygen atoms in total. The molecule has 22 heavy (non-hydrogen) atoms. The summed E-state index contributed by atoms with van der Waals surface area (Å²) < 4.78 is 16.8. The minimum atomic E-state index is -0.444. The van der Waals surface area contributed by atoms with E-state index >= 15 is 0 Å². The molecule has 0 aromatic heterocycles. The highest BCUT2D eigenvalue weighted by molar-refractivity contribution is 5.67. The summed E-state index contributed by atoms with van der Waals surface area (Å²) in [5.41, 5.74) is -0.444. The maximum Gasteiger partial charge on any atom is 0.410 e. The van der Waals surface area contributed by atoms with Crippen molar-refractivity contribution in [2.24, 2.45) is 0 Å². The summed E-state index contributed by atoms with van der Waals surface area (Å²) in [5, 5.41) is 0. The van der Waals surface area contributed by atoms with Crippen LogP contribution in [0.5, 0.6) is 0 Å². The number of ether oxygens (including phenoxy) is 3. The number of amides is 1. The van der Waals surface area contributed by atoms with Crippen LogP contribution in [0.25, 0.3) is 0 Å².